The van der Waals surface area contributed by atoms with E-state index in [-0.39, 0.29) is 0 Å². The van der Waals surface area contributed by atoms with Gasteiger partial charge >= 0.3 is 0 Å². The lowest BCUT2D eigenvalue weighted by Gasteiger charge is -2.21. The summed E-state index contributed by atoms with van der Waals surface area (Å²) in [5.41, 5.74) is 1.08. The number of hydrogen-bond donors (Lipinski definition) is 1. The zero-order valence-electron chi connectivity index (χ0n) is 9.42. The molecule has 0 amide bonds. The van der Waals surface area contributed by atoms with Crippen LogP contribution < -0.4 is 5.32 Å². The van der Waals surface area contributed by atoms with E-state index in [4.69, 9.17) is 23.2 Å². The number of rotatable bonds is 4. The van der Waals surface area contributed by atoms with Crippen LogP contribution in [0, 0.1) is 0 Å². The third-order valence-corrected chi connectivity index (χ3v) is 6.03. The van der Waals surface area contributed by atoms with Crippen LogP contribution in [-0.2, 0) is 6.54 Å². The van der Waals surface area contributed by atoms with Crippen LogP contribution in [0.2, 0.25) is 10.0 Å². The maximum absolute atomic E-state index is 6.11. The van der Waals surface area contributed by atoms with E-state index in [1.807, 2.05) is 30.0 Å². The lowest BCUT2D eigenvalue weighted by molar-refractivity contribution is 0.686. The molecule has 1 N–H and O–H groups in total. The second kappa shape index (κ2) is 7.15. The van der Waals surface area contributed by atoms with Gasteiger partial charge in [-0.05, 0) is 23.8 Å². The van der Waals surface area contributed by atoms with Crippen molar-refractivity contribution in [2.75, 3.05) is 23.8 Å². The third kappa shape index (κ3) is 4.56. The molecule has 17 heavy (non-hydrogen) atoms. The van der Waals surface area contributed by atoms with Gasteiger partial charge in [-0.3, -0.25) is 0 Å². The van der Waals surface area contributed by atoms with Crippen LogP contribution in [0.1, 0.15) is 5.56 Å². The highest BCUT2D eigenvalue weighted by Crippen LogP contribution is 2.24. The molecule has 2 rings (SSSR count). The Morgan fingerprint density at radius 2 is 2.18 bits per heavy atom. The Bertz CT molecular complexity index is 368. The molecule has 1 heterocycles. The van der Waals surface area contributed by atoms with Crippen LogP contribution in [-0.4, -0.2) is 29.1 Å². The smallest absolute Gasteiger partial charge is 0.0451 e. The highest BCUT2D eigenvalue weighted by atomic mass is 35.5. The van der Waals surface area contributed by atoms with Crippen molar-refractivity contribution in [2.24, 2.45) is 0 Å². The SMILES string of the molecule is Clc1ccc(Cl)c(CNCC2CSCCS2)c1. The molecular formula is C12H15Cl2NS2. The van der Waals surface area contributed by atoms with Crippen molar-refractivity contribution in [1.29, 1.82) is 0 Å². The Hall–Kier alpha value is 0.460. The first-order valence-electron chi connectivity index (χ1n) is 5.59. The second-order valence-corrected chi connectivity index (χ2v) is 7.34. The Balaban J connectivity index is 1.79. The minimum absolute atomic E-state index is 0.728. The molecule has 1 fully saturated rings. The van der Waals surface area contributed by atoms with Crippen LogP contribution in [0.25, 0.3) is 0 Å². The zero-order valence-corrected chi connectivity index (χ0v) is 12.6. The summed E-state index contributed by atoms with van der Waals surface area (Å²) in [4.78, 5) is 0. The topological polar surface area (TPSA) is 12.0 Å². The van der Waals surface area contributed by atoms with Crippen LogP contribution in [0.3, 0.4) is 0 Å². The van der Waals surface area contributed by atoms with Gasteiger partial charge in [-0.1, -0.05) is 23.2 Å². The number of nitrogens with one attached hydrogen (secondary N) is 1. The van der Waals surface area contributed by atoms with E-state index in [9.17, 15) is 0 Å². The molecular weight excluding hydrogens is 293 g/mol. The van der Waals surface area contributed by atoms with Crippen LogP contribution in [0.4, 0.5) is 0 Å². The van der Waals surface area contributed by atoms with Gasteiger partial charge in [0.05, 0.1) is 0 Å². The average molecular weight is 308 g/mol. The van der Waals surface area contributed by atoms with Crippen molar-refractivity contribution in [3.63, 3.8) is 0 Å². The predicted octanol–water partition coefficient (Wildman–Crippen LogP) is 3.93. The highest BCUT2D eigenvalue weighted by molar-refractivity contribution is 8.06. The molecule has 5 heteroatoms. The van der Waals surface area contributed by atoms with Gasteiger partial charge in [0.15, 0.2) is 0 Å². The lowest BCUT2D eigenvalue weighted by Crippen LogP contribution is -2.28. The summed E-state index contributed by atoms with van der Waals surface area (Å²) < 4.78 is 0. The molecule has 1 atom stereocenters. The van der Waals surface area contributed by atoms with E-state index < -0.39 is 0 Å². The molecule has 0 saturated carbocycles. The van der Waals surface area contributed by atoms with Gasteiger partial charge in [-0.15, -0.1) is 0 Å². The fourth-order valence-electron chi connectivity index (χ4n) is 1.70. The first-order valence-corrected chi connectivity index (χ1v) is 8.55. The van der Waals surface area contributed by atoms with Crippen LogP contribution in [0.15, 0.2) is 18.2 Å². The van der Waals surface area contributed by atoms with Gasteiger partial charge in [-0.25, -0.2) is 0 Å². The molecule has 94 valence electrons. The fourth-order valence-corrected chi connectivity index (χ4v) is 4.73. The normalized spacial score (nSPS) is 20.5. The van der Waals surface area contributed by atoms with E-state index in [0.29, 0.717) is 0 Å². The number of benzene rings is 1. The lowest BCUT2D eigenvalue weighted by atomic mass is 10.2. The van der Waals surface area contributed by atoms with Gasteiger partial charge in [0, 0.05) is 45.6 Å². The van der Waals surface area contributed by atoms with Gasteiger partial charge < -0.3 is 5.32 Å². The minimum atomic E-state index is 0.728. The van der Waals surface area contributed by atoms with Crippen LogP contribution >= 0.6 is 46.7 Å². The largest absolute Gasteiger partial charge is 0.311 e. The Labute approximate surface area is 121 Å². The van der Waals surface area contributed by atoms with Gasteiger partial charge in [0.2, 0.25) is 0 Å². The third-order valence-electron chi connectivity index (χ3n) is 2.58. The summed E-state index contributed by atoms with van der Waals surface area (Å²) in [6.45, 7) is 1.83. The van der Waals surface area contributed by atoms with Crippen molar-refractivity contribution in [3.05, 3.63) is 33.8 Å². The van der Waals surface area contributed by atoms with E-state index in [2.05, 4.69) is 17.1 Å². The Morgan fingerprint density at radius 1 is 1.29 bits per heavy atom. The summed E-state index contributed by atoms with van der Waals surface area (Å²) in [7, 11) is 0. The van der Waals surface area contributed by atoms with Gasteiger partial charge in [-0.2, -0.15) is 23.5 Å². The Kier molecular flexibility index (Phi) is 5.84. The molecule has 1 unspecified atom stereocenters. The van der Waals surface area contributed by atoms with Crippen molar-refractivity contribution >= 4 is 46.7 Å². The van der Waals surface area contributed by atoms with E-state index in [0.717, 1.165) is 33.9 Å². The molecule has 1 aliphatic rings. The Morgan fingerprint density at radius 3 is 2.94 bits per heavy atom. The molecule has 0 bridgehead atoms. The molecule has 0 spiro atoms. The zero-order chi connectivity index (χ0) is 12.1. The van der Waals surface area contributed by atoms with E-state index in [1.54, 1.807) is 0 Å². The first kappa shape index (κ1) is 13.9. The average Bonchev–Trinajstić information content (AvgIpc) is 2.35. The molecule has 1 aliphatic heterocycles. The molecule has 1 saturated heterocycles. The second-order valence-electron chi connectivity index (χ2n) is 3.93. The summed E-state index contributed by atoms with van der Waals surface area (Å²) in [5, 5.41) is 5.72. The van der Waals surface area contributed by atoms with Crippen LogP contribution in [0.5, 0.6) is 0 Å². The molecule has 1 aromatic rings. The maximum atomic E-state index is 6.11. The van der Waals surface area contributed by atoms with Gasteiger partial charge in [0.1, 0.15) is 0 Å². The fraction of sp³-hybridized carbons (Fsp3) is 0.500. The van der Waals surface area contributed by atoms with Gasteiger partial charge in [0.25, 0.3) is 0 Å². The van der Waals surface area contributed by atoms with E-state index in [1.165, 1.54) is 17.3 Å². The summed E-state index contributed by atoms with van der Waals surface area (Å²) >= 11 is 16.2. The highest BCUT2D eigenvalue weighted by Gasteiger charge is 2.13. The van der Waals surface area contributed by atoms with Crippen molar-refractivity contribution < 1.29 is 0 Å². The number of hydrogen-bond acceptors (Lipinski definition) is 3. The summed E-state index contributed by atoms with van der Waals surface area (Å²) in [5.74, 6) is 3.82. The minimum Gasteiger partial charge on any atom is -0.311 e. The summed E-state index contributed by atoms with van der Waals surface area (Å²) in [6.07, 6.45) is 0. The molecule has 1 aromatic carbocycles. The quantitative estimate of drug-likeness (QED) is 0.905. The molecule has 0 aromatic heterocycles. The van der Waals surface area contributed by atoms with Crippen molar-refractivity contribution in [2.45, 2.75) is 11.8 Å². The molecule has 0 radical (unpaired) electrons. The molecule has 0 aliphatic carbocycles. The monoisotopic (exact) mass is 307 g/mol. The summed E-state index contributed by atoms with van der Waals surface area (Å²) in [6, 6.07) is 5.60. The standard InChI is InChI=1S/C12H15Cl2NS2/c13-10-1-2-12(14)9(5-10)6-15-7-11-8-16-3-4-17-11/h1-2,5,11,15H,3-4,6-8H2. The number of thioether (sulfide) groups is 2. The maximum Gasteiger partial charge on any atom is 0.0451 e. The number of halogens is 2. The predicted molar refractivity (Wildman–Crippen MR) is 81.7 cm³/mol. The van der Waals surface area contributed by atoms with E-state index >= 15 is 0 Å². The molecule has 1 nitrogen and oxygen atoms in total. The van der Waals surface area contributed by atoms with Crippen molar-refractivity contribution in [1.82, 2.24) is 5.32 Å². The first-order chi connectivity index (χ1) is 8.25. The van der Waals surface area contributed by atoms with Crippen molar-refractivity contribution in [3.8, 4) is 0 Å².